The maximum atomic E-state index is 13.4. The lowest BCUT2D eigenvalue weighted by Gasteiger charge is -2.34. The Hall–Kier alpha value is -2.65. The van der Waals surface area contributed by atoms with Gasteiger partial charge in [-0.15, -0.1) is 0 Å². The van der Waals surface area contributed by atoms with E-state index in [1.165, 1.54) is 23.2 Å². The van der Waals surface area contributed by atoms with Gasteiger partial charge in [0.25, 0.3) is 5.56 Å². The van der Waals surface area contributed by atoms with E-state index in [4.69, 9.17) is 4.74 Å². The molecule has 2 unspecified atom stereocenters. The number of nitrogens with one attached hydrogen (secondary N) is 1. The van der Waals surface area contributed by atoms with Crippen LogP contribution in [-0.2, 0) is 17.5 Å². The Bertz CT molecular complexity index is 1100. The molecule has 30 heavy (non-hydrogen) atoms. The number of halogens is 3. The van der Waals surface area contributed by atoms with Crippen LogP contribution in [0.5, 0.6) is 0 Å². The Kier molecular flexibility index (Phi) is 5.42. The fourth-order valence-corrected chi connectivity index (χ4v) is 4.07. The van der Waals surface area contributed by atoms with Gasteiger partial charge in [0.15, 0.2) is 0 Å². The Balaban J connectivity index is 1.68. The third-order valence-corrected chi connectivity index (χ3v) is 5.19. The summed E-state index contributed by atoms with van der Waals surface area (Å²) in [6.45, 7) is 6.00. The van der Waals surface area contributed by atoms with Crippen LogP contribution < -0.4 is 21.0 Å². The maximum Gasteiger partial charge on any atom is 0.418 e. The topological polar surface area (TPSA) is 61.5 Å². The van der Waals surface area contributed by atoms with Gasteiger partial charge in [-0.05, 0) is 32.1 Å². The highest BCUT2D eigenvalue weighted by Gasteiger charge is 2.34. The van der Waals surface area contributed by atoms with Crippen molar-refractivity contribution in [1.29, 1.82) is 0 Å². The zero-order valence-corrected chi connectivity index (χ0v) is 16.7. The lowest BCUT2D eigenvalue weighted by molar-refractivity contribution is -0.137. The third kappa shape index (κ3) is 4.27. The molecular formula is C21H23F3N4O2. The van der Waals surface area contributed by atoms with Crippen LogP contribution in [0.25, 0.3) is 12.3 Å². The van der Waals surface area contributed by atoms with Crippen LogP contribution in [0.1, 0.15) is 25.2 Å². The number of ether oxygens (including phenoxy) is 1. The van der Waals surface area contributed by atoms with Crippen molar-refractivity contribution in [1.82, 2.24) is 14.9 Å². The first-order valence-electron chi connectivity index (χ1n) is 9.82. The number of alkyl halides is 3. The van der Waals surface area contributed by atoms with Crippen LogP contribution >= 0.6 is 0 Å². The monoisotopic (exact) mass is 420 g/mol. The second-order valence-corrected chi connectivity index (χ2v) is 7.76. The average molecular weight is 420 g/mol. The fraction of sp³-hybridized carbons (Fsp3) is 0.429. The number of fused-ring (bicyclic) bond motifs is 1. The van der Waals surface area contributed by atoms with E-state index in [9.17, 15) is 18.0 Å². The number of para-hydroxylation sites is 1. The predicted octanol–water partition coefficient (Wildman–Crippen LogP) is 1.44. The number of aromatic nitrogens is 2. The average Bonchev–Trinajstić information content (AvgIpc) is 2.66. The molecule has 2 aliphatic rings. The summed E-state index contributed by atoms with van der Waals surface area (Å²) in [4.78, 5) is 23.5. The summed E-state index contributed by atoms with van der Waals surface area (Å²) in [6.07, 6.45) is -1.19. The molecule has 2 aromatic rings. The van der Waals surface area contributed by atoms with Crippen LogP contribution in [0.3, 0.4) is 0 Å². The van der Waals surface area contributed by atoms with Crippen LogP contribution in [0, 0.1) is 0 Å². The van der Waals surface area contributed by atoms with E-state index >= 15 is 0 Å². The predicted molar refractivity (Wildman–Crippen MR) is 107 cm³/mol. The van der Waals surface area contributed by atoms with E-state index in [1.54, 1.807) is 12.1 Å². The van der Waals surface area contributed by atoms with E-state index in [0.29, 0.717) is 36.0 Å². The van der Waals surface area contributed by atoms with Crippen LogP contribution in [-0.4, -0.2) is 46.7 Å². The Morgan fingerprint density at radius 1 is 1.20 bits per heavy atom. The highest BCUT2D eigenvalue weighted by molar-refractivity contribution is 5.67. The second-order valence-electron chi connectivity index (χ2n) is 7.76. The largest absolute Gasteiger partial charge is 0.418 e. The Morgan fingerprint density at radius 3 is 2.60 bits per heavy atom. The molecule has 2 aliphatic heterocycles. The number of anilines is 1. The van der Waals surface area contributed by atoms with E-state index in [-0.39, 0.29) is 30.0 Å². The summed E-state index contributed by atoms with van der Waals surface area (Å²) >= 11 is 0. The quantitative estimate of drug-likeness (QED) is 0.814. The molecule has 0 aliphatic carbocycles. The molecule has 2 atom stereocenters. The lowest BCUT2D eigenvalue weighted by Crippen LogP contribution is -2.50. The van der Waals surface area contributed by atoms with Crippen molar-refractivity contribution in [2.75, 3.05) is 24.5 Å². The highest BCUT2D eigenvalue weighted by atomic mass is 19.4. The molecule has 4 rings (SSSR count). The van der Waals surface area contributed by atoms with E-state index in [1.807, 2.05) is 13.8 Å². The number of hydrogen-bond donors (Lipinski definition) is 1. The van der Waals surface area contributed by atoms with Gasteiger partial charge in [-0.2, -0.15) is 13.2 Å². The van der Waals surface area contributed by atoms with Crippen molar-refractivity contribution < 1.29 is 17.9 Å². The zero-order valence-electron chi connectivity index (χ0n) is 16.7. The molecule has 0 spiro atoms. The normalized spacial score (nSPS) is 22.2. The SMILES string of the molecule is CC1CN(Cc2nc3c(c(=O)[nH]2)=CCN(c2ccccc2C(F)(F)F)C=3)CC(C)O1. The minimum absolute atomic E-state index is 0.0337. The number of benzene rings is 1. The molecule has 0 saturated carbocycles. The summed E-state index contributed by atoms with van der Waals surface area (Å²) in [6, 6.07) is 5.39. The molecule has 1 aromatic heterocycles. The lowest BCUT2D eigenvalue weighted by atomic mass is 10.1. The van der Waals surface area contributed by atoms with Gasteiger partial charge in [0, 0.05) is 25.8 Å². The van der Waals surface area contributed by atoms with Gasteiger partial charge >= 0.3 is 6.18 Å². The summed E-state index contributed by atoms with van der Waals surface area (Å²) < 4.78 is 46.0. The van der Waals surface area contributed by atoms with Gasteiger partial charge in [0.2, 0.25) is 0 Å². The Morgan fingerprint density at radius 2 is 1.90 bits per heavy atom. The van der Waals surface area contributed by atoms with Crippen molar-refractivity contribution in [3.8, 4) is 0 Å². The van der Waals surface area contributed by atoms with E-state index < -0.39 is 11.7 Å². The van der Waals surface area contributed by atoms with Crippen molar-refractivity contribution in [3.05, 3.63) is 56.6 Å². The molecule has 1 aromatic carbocycles. The van der Waals surface area contributed by atoms with Crippen molar-refractivity contribution >= 4 is 18.0 Å². The van der Waals surface area contributed by atoms with Crippen LogP contribution in [0.15, 0.2) is 29.1 Å². The van der Waals surface area contributed by atoms with Gasteiger partial charge in [-0.3, -0.25) is 9.69 Å². The zero-order chi connectivity index (χ0) is 21.5. The maximum absolute atomic E-state index is 13.4. The molecular weight excluding hydrogens is 397 g/mol. The first kappa shape index (κ1) is 20.6. The molecule has 1 N–H and O–H groups in total. The van der Waals surface area contributed by atoms with Crippen molar-refractivity contribution in [2.45, 2.75) is 38.8 Å². The van der Waals surface area contributed by atoms with Crippen molar-refractivity contribution in [3.63, 3.8) is 0 Å². The number of nitrogens with zero attached hydrogens (tertiary/aromatic N) is 3. The summed E-state index contributed by atoms with van der Waals surface area (Å²) in [7, 11) is 0. The molecule has 0 bridgehead atoms. The second kappa shape index (κ2) is 7.88. The highest BCUT2D eigenvalue weighted by Crippen LogP contribution is 2.36. The van der Waals surface area contributed by atoms with Crippen LogP contribution in [0.4, 0.5) is 18.9 Å². The first-order chi connectivity index (χ1) is 14.2. The summed E-state index contributed by atoms with van der Waals surface area (Å²) in [5.41, 5.74) is -0.977. The number of rotatable bonds is 3. The number of hydrogen-bond acceptors (Lipinski definition) is 5. The molecule has 0 amide bonds. The summed E-state index contributed by atoms with van der Waals surface area (Å²) in [5, 5.41) is 0.745. The van der Waals surface area contributed by atoms with E-state index in [0.717, 1.165) is 6.07 Å². The first-order valence-corrected chi connectivity index (χ1v) is 9.82. The van der Waals surface area contributed by atoms with E-state index in [2.05, 4.69) is 14.9 Å². The third-order valence-electron chi connectivity index (χ3n) is 5.19. The molecule has 9 heteroatoms. The molecule has 160 valence electrons. The number of morpholine rings is 1. The standard InChI is InChI=1S/C21H23F3N4O2/c1-13-9-27(10-14(2)30-13)12-19-25-17-11-28(8-7-15(17)20(29)26-19)18-6-4-3-5-16(18)21(22,23)24/h3-7,11,13-14H,8-10,12H2,1-2H3,(H,25,26,29). The molecule has 3 heterocycles. The van der Waals surface area contributed by atoms with Crippen LogP contribution in [0.2, 0.25) is 0 Å². The van der Waals surface area contributed by atoms with Gasteiger partial charge in [-0.1, -0.05) is 12.1 Å². The van der Waals surface area contributed by atoms with Gasteiger partial charge in [0.05, 0.1) is 40.6 Å². The minimum atomic E-state index is -4.47. The van der Waals surface area contributed by atoms with Gasteiger partial charge in [0.1, 0.15) is 5.82 Å². The fourth-order valence-electron chi connectivity index (χ4n) is 4.07. The van der Waals surface area contributed by atoms with Gasteiger partial charge in [-0.25, -0.2) is 4.98 Å². The molecule has 1 fully saturated rings. The summed E-state index contributed by atoms with van der Waals surface area (Å²) in [5.74, 6) is 0.482. The molecule has 1 saturated heterocycles. The Labute approximate surface area is 171 Å². The smallest absolute Gasteiger partial charge is 0.373 e. The molecule has 0 radical (unpaired) electrons. The minimum Gasteiger partial charge on any atom is -0.373 e. The molecule has 6 nitrogen and oxygen atoms in total. The number of aromatic amines is 1. The number of H-pyrrole nitrogens is 1. The van der Waals surface area contributed by atoms with Gasteiger partial charge < -0.3 is 14.6 Å². The van der Waals surface area contributed by atoms with Crippen molar-refractivity contribution in [2.24, 2.45) is 0 Å².